The molecule has 0 spiro atoms. The molecule has 0 fully saturated rings. The Kier molecular flexibility index (Phi) is 3.35. The van der Waals surface area contributed by atoms with Crippen LogP contribution >= 0.6 is 0 Å². The number of sulfonamides is 1. The Morgan fingerprint density at radius 1 is 1.30 bits per heavy atom. The predicted molar refractivity (Wildman–Crippen MR) is 74.7 cm³/mol. The van der Waals surface area contributed by atoms with Crippen LogP contribution in [0.25, 0.3) is 0 Å². The fourth-order valence-electron chi connectivity index (χ4n) is 2.36. The number of aromatic nitrogens is 1. The maximum atomic E-state index is 11.6. The molecule has 0 amide bonds. The van der Waals surface area contributed by atoms with Gasteiger partial charge in [-0.15, -0.1) is 0 Å². The van der Waals surface area contributed by atoms with Crippen LogP contribution in [0.15, 0.2) is 34.7 Å². The zero-order valence-electron chi connectivity index (χ0n) is 11.2. The first-order chi connectivity index (χ1) is 9.52. The second kappa shape index (κ2) is 5.03. The van der Waals surface area contributed by atoms with Crippen LogP contribution in [-0.4, -0.2) is 30.5 Å². The minimum absolute atomic E-state index is 0.312. The molecule has 1 aliphatic rings. The zero-order valence-corrected chi connectivity index (χ0v) is 12.1. The number of benzene rings is 1. The minimum atomic E-state index is -3.17. The lowest BCUT2D eigenvalue weighted by Crippen LogP contribution is -2.34. The molecule has 0 saturated carbocycles. The lowest BCUT2D eigenvalue weighted by molar-refractivity contribution is 0.359. The van der Waals surface area contributed by atoms with Crippen LogP contribution < -0.4 is 0 Å². The van der Waals surface area contributed by atoms with Crippen LogP contribution in [0.3, 0.4) is 0 Å². The highest BCUT2D eigenvalue weighted by Crippen LogP contribution is 2.22. The molecule has 0 N–H and O–H groups in total. The molecule has 5 nitrogen and oxygen atoms in total. The Morgan fingerprint density at radius 3 is 2.75 bits per heavy atom. The standard InChI is InChI=1S/C14H16N2O3S/c1-20(17,18)16-8-7-13-12(10-16)15-14(19-13)9-11-5-3-2-4-6-11/h2-6H,7-10H2,1H3. The molecular weight excluding hydrogens is 276 g/mol. The average molecular weight is 292 g/mol. The van der Waals surface area contributed by atoms with Crippen LogP contribution in [0, 0.1) is 0 Å². The summed E-state index contributed by atoms with van der Waals surface area (Å²) in [7, 11) is -3.17. The summed E-state index contributed by atoms with van der Waals surface area (Å²) in [5.74, 6) is 1.47. The van der Waals surface area contributed by atoms with E-state index in [0.29, 0.717) is 31.8 Å². The number of hydrogen-bond acceptors (Lipinski definition) is 4. The number of oxazole rings is 1. The van der Waals surface area contributed by atoms with Crippen molar-refractivity contribution in [3.63, 3.8) is 0 Å². The third-order valence-corrected chi connectivity index (χ3v) is 4.65. The van der Waals surface area contributed by atoms with Crippen molar-refractivity contribution in [2.45, 2.75) is 19.4 Å². The lowest BCUT2D eigenvalue weighted by atomic mass is 10.1. The first-order valence-corrected chi connectivity index (χ1v) is 8.34. The topological polar surface area (TPSA) is 63.4 Å². The minimum Gasteiger partial charge on any atom is -0.445 e. The van der Waals surface area contributed by atoms with Crippen LogP contribution in [0.4, 0.5) is 0 Å². The number of hydrogen-bond donors (Lipinski definition) is 0. The summed E-state index contributed by atoms with van der Waals surface area (Å²) in [5.41, 5.74) is 1.87. The van der Waals surface area contributed by atoms with E-state index in [9.17, 15) is 8.42 Å². The Hall–Kier alpha value is -1.66. The summed E-state index contributed by atoms with van der Waals surface area (Å²) < 4.78 is 30.3. The first-order valence-electron chi connectivity index (χ1n) is 6.49. The van der Waals surface area contributed by atoms with Gasteiger partial charge >= 0.3 is 0 Å². The van der Waals surface area contributed by atoms with Crippen LogP contribution in [0.1, 0.15) is 22.9 Å². The Bertz CT molecular complexity index is 707. The molecule has 0 bridgehead atoms. The van der Waals surface area contributed by atoms with E-state index in [1.807, 2.05) is 30.3 Å². The van der Waals surface area contributed by atoms with Gasteiger partial charge in [-0.3, -0.25) is 0 Å². The van der Waals surface area contributed by atoms with Crippen molar-refractivity contribution < 1.29 is 12.8 Å². The van der Waals surface area contributed by atoms with E-state index < -0.39 is 10.0 Å². The van der Waals surface area contributed by atoms with Crippen molar-refractivity contribution in [3.8, 4) is 0 Å². The molecule has 1 aliphatic heterocycles. The van der Waals surface area contributed by atoms with Gasteiger partial charge in [0, 0.05) is 19.4 Å². The normalized spacial score (nSPS) is 16.1. The highest BCUT2D eigenvalue weighted by Gasteiger charge is 2.27. The SMILES string of the molecule is CS(=O)(=O)N1CCc2oc(Cc3ccccc3)nc2C1. The molecule has 106 valence electrons. The molecule has 1 aromatic carbocycles. The van der Waals surface area contributed by atoms with Crippen molar-refractivity contribution >= 4 is 10.0 Å². The molecule has 0 radical (unpaired) electrons. The van der Waals surface area contributed by atoms with Crippen LogP contribution in [0.2, 0.25) is 0 Å². The molecule has 0 unspecified atom stereocenters. The molecule has 2 aromatic rings. The summed E-state index contributed by atoms with van der Waals surface area (Å²) in [4.78, 5) is 4.44. The van der Waals surface area contributed by atoms with Crippen molar-refractivity contribution in [1.82, 2.24) is 9.29 Å². The third kappa shape index (κ3) is 2.76. The van der Waals surface area contributed by atoms with Gasteiger partial charge in [0.1, 0.15) is 5.76 Å². The van der Waals surface area contributed by atoms with Gasteiger partial charge in [0.25, 0.3) is 0 Å². The van der Waals surface area contributed by atoms with Crippen LogP contribution in [-0.2, 0) is 29.4 Å². The first kappa shape index (κ1) is 13.3. The summed E-state index contributed by atoms with van der Waals surface area (Å²) in [6.07, 6.45) is 2.44. The fourth-order valence-corrected chi connectivity index (χ4v) is 3.14. The molecule has 1 aromatic heterocycles. The maximum absolute atomic E-state index is 11.6. The van der Waals surface area contributed by atoms with Gasteiger partial charge in [-0.25, -0.2) is 13.4 Å². The number of rotatable bonds is 3. The molecule has 0 atom stereocenters. The van der Waals surface area contributed by atoms with E-state index in [1.165, 1.54) is 10.6 Å². The van der Waals surface area contributed by atoms with Gasteiger partial charge in [-0.05, 0) is 5.56 Å². The van der Waals surface area contributed by atoms with Gasteiger partial charge < -0.3 is 4.42 Å². The Balaban J connectivity index is 1.80. The predicted octanol–water partition coefficient (Wildman–Crippen LogP) is 1.58. The summed E-state index contributed by atoms with van der Waals surface area (Å²) in [6.45, 7) is 0.776. The zero-order chi connectivity index (χ0) is 14.2. The molecular formula is C14H16N2O3S. The maximum Gasteiger partial charge on any atom is 0.211 e. The van der Waals surface area contributed by atoms with Crippen LogP contribution in [0.5, 0.6) is 0 Å². The van der Waals surface area contributed by atoms with E-state index in [-0.39, 0.29) is 0 Å². The van der Waals surface area contributed by atoms with Gasteiger partial charge in [-0.2, -0.15) is 4.31 Å². The van der Waals surface area contributed by atoms with E-state index in [0.717, 1.165) is 17.0 Å². The third-order valence-electron chi connectivity index (χ3n) is 3.40. The molecule has 6 heteroatoms. The number of nitrogens with zero attached hydrogens (tertiary/aromatic N) is 2. The second-order valence-electron chi connectivity index (χ2n) is 4.99. The number of fused-ring (bicyclic) bond motifs is 1. The lowest BCUT2D eigenvalue weighted by Gasteiger charge is -2.22. The molecule has 2 heterocycles. The molecule has 3 rings (SSSR count). The van der Waals surface area contributed by atoms with E-state index in [1.54, 1.807) is 0 Å². The smallest absolute Gasteiger partial charge is 0.211 e. The highest BCUT2D eigenvalue weighted by atomic mass is 32.2. The summed E-state index contributed by atoms with van der Waals surface area (Å²) >= 11 is 0. The Labute approximate surface area is 118 Å². The van der Waals surface area contributed by atoms with Gasteiger partial charge in [0.05, 0.1) is 18.5 Å². The molecule has 0 aliphatic carbocycles. The van der Waals surface area contributed by atoms with E-state index in [4.69, 9.17) is 4.42 Å². The summed E-state index contributed by atoms with van der Waals surface area (Å²) in [6, 6.07) is 9.96. The Morgan fingerprint density at radius 2 is 2.05 bits per heavy atom. The van der Waals surface area contributed by atoms with E-state index >= 15 is 0 Å². The second-order valence-corrected chi connectivity index (χ2v) is 6.97. The van der Waals surface area contributed by atoms with Crippen molar-refractivity contribution in [2.24, 2.45) is 0 Å². The van der Waals surface area contributed by atoms with E-state index in [2.05, 4.69) is 4.98 Å². The molecule has 20 heavy (non-hydrogen) atoms. The fraction of sp³-hybridized carbons (Fsp3) is 0.357. The van der Waals surface area contributed by atoms with Crippen molar-refractivity contribution in [3.05, 3.63) is 53.2 Å². The van der Waals surface area contributed by atoms with Gasteiger partial charge in [0.2, 0.25) is 10.0 Å². The highest BCUT2D eigenvalue weighted by molar-refractivity contribution is 7.88. The van der Waals surface area contributed by atoms with Crippen molar-refractivity contribution in [1.29, 1.82) is 0 Å². The van der Waals surface area contributed by atoms with Gasteiger partial charge in [-0.1, -0.05) is 30.3 Å². The van der Waals surface area contributed by atoms with Crippen molar-refractivity contribution in [2.75, 3.05) is 12.8 Å². The monoisotopic (exact) mass is 292 g/mol. The largest absolute Gasteiger partial charge is 0.445 e. The average Bonchev–Trinajstić information content (AvgIpc) is 2.80. The molecule has 0 saturated heterocycles. The van der Waals surface area contributed by atoms with Gasteiger partial charge in [0.15, 0.2) is 5.89 Å². The quantitative estimate of drug-likeness (QED) is 0.861. The summed E-state index contributed by atoms with van der Waals surface area (Å²) in [5, 5.41) is 0.